The Bertz CT molecular complexity index is 355. The summed E-state index contributed by atoms with van der Waals surface area (Å²) in [5, 5.41) is 8.15. The SMILES string of the molecule is CCCNCC1(CN(C)Cc2ccsc2)CCCCC1. The van der Waals surface area contributed by atoms with Gasteiger partial charge in [-0.1, -0.05) is 26.2 Å². The Morgan fingerprint density at radius 2 is 2.10 bits per heavy atom. The molecule has 20 heavy (non-hydrogen) atoms. The van der Waals surface area contributed by atoms with Crippen molar-refractivity contribution >= 4 is 11.3 Å². The molecule has 1 aromatic heterocycles. The first-order chi connectivity index (χ1) is 9.74. The van der Waals surface area contributed by atoms with Gasteiger partial charge >= 0.3 is 0 Å². The van der Waals surface area contributed by atoms with Crippen LogP contribution in [0.3, 0.4) is 0 Å². The summed E-state index contributed by atoms with van der Waals surface area (Å²) < 4.78 is 0. The molecule has 0 unspecified atom stereocenters. The minimum Gasteiger partial charge on any atom is -0.316 e. The summed E-state index contributed by atoms with van der Waals surface area (Å²) in [6.07, 6.45) is 8.31. The number of thiophene rings is 1. The lowest BCUT2D eigenvalue weighted by atomic mass is 9.73. The van der Waals surface area contributed by atoms with Crippen molar-refractivity contribution < 1.29 is 0 Å². The fraction of sp³-hybridized carbons (Fsp3) is 0.765. The van der Waals surface area contributed by atoms with Crippen molar-refractivity contribution in [2.24, 2.45) is 5.41 Å². The van der Waals surface area contributed by atoms with E-state index in [4.69, 9.17) is 0 Å². The third kappa shape index (κ3) is 4.87. The zero-order valence-corrected chi connectivity index (χ0v) is 14.0. The number of hydrogen-bond acceptors (Lipinski definition) is 3. The van der Waals surface area contributed by atoms with E-state index >= 15 is 0 Å². The zero-order chi connectivity index (χ0) is 14.3. The molecule has 1 N–H and O–H groups in total. The van der Waals surface area contributed by atoms with Gasteiger partial charge in [0, 0.05) is 19.6 Å². The normalized spacial score (nSPS) is 18.6. The van der Waals surface area contributed by atoms with Crippen LogP contribution in [0.15, 0.2) is 16.8 Å². The topological polar surface area (TPSA) is 15.3 Å². The van der Waals surface area contributed by atoms with E-state index in [2.05, 4.69) is 41.0 Å². The zero-order valence-electron chi connectivity index (χ0n) is 13.2. The van der Waals surface area contributed by atoms with Gasteiger partial charge in [-0.25, -0.2) is 0 Å². The Hall–Kier alpha value is -0.380. The Morgan fingerprint density at radius 3 is 2.75 bits per heavy atom. The fourth-order valence-corrected chi connectivity index (χ4v) is 4.21. The lowest BCUT2D eigenvalue weighted by molar-refractivity contribution is 0.114. The molecule has 1 saturated carbocycles. The highest BCUT2D eigenvalue weighted by atomic mass is 32.1. The van der Waals surface area contributed by atoms with E-state index in [9.17, 15) is 0 Å². The van der Waals surface area contributed by atoms with Gasteiger partial charge < -0.3 is 10.2 Å². The molecule has 0 atom stereocenters. The van der Waals surface area contributed by atoms with Crippen molar-refractivity contribution in [2.75, 3.05) is 26.7 Å². The van der Waals surface area contributed by atoms with Crippen molar-refractivity contribution in [3.63, 3.8) is 0 Å². The molecule has 1 aliphatic rings. The van der Waals surface area contributed by atoms with E-state index in [-0.39, 0.29) is 0 Å². The summed E-state index contributed by atoms with van der Waals surface area (Å²) in [6, 6.07) is 2.25. The van der Waals surface area contributed by atoms with Gasteiger partial charge in [0.1, 0.15) is 0 Å². The molecule has 0 aromatic carbocycles. The summed E-state index contributed by atoms with van der Waals surface area (Å²) in [6.45, 7) is 6.95. The van der Waals surface area contributed by atoms with Crippen LogP contribution in [0.1, 0.15) is 51.0 Å². The van der Waals surface area contributed by atoms with Crippen LogP contribution in [0.4, 0.5) is 0 Å². The second kappa shape index (κ2) is 8.16. The van der Waals surface area contributed by atoms with Gasteiger partial charge in [0.15, 0.2) is 0 Å². The molecule has 1 aliphatic carbocycles. The summed E-state index contributed by atoms with van der Waals surface area (Å²) in [4.78, 5) is 2.53. The standard InChI is InChI=1S/C17H30N2S/c1-3-10-18-14-17(8-5-4-6-9-17)15-19(2)12-16-7-11-20-13-16/h7,11,13,18H,3-6,8-10,12,14-15H2,1-2H3. The maximum atomic E-state index is 3.69. The predicted molar refractivity (Wildman–Crippen MR) is 89.3 cm³/mol. The van der Waals surface area contributed by atoms with Crippen molar-refractivity contribution in [3.05, 3.63) is 22.4 Å². The lowest BCUT2D eigenvalue weighted by Crippen LogP contribution is -2.44. The molecule has 114 valence electrons. The van der Waals surface area contributed by atoms with Gasteiger partial charge in [-0.3, -0.25) is 0 Å². The van der Waals surface area contributed by atoms with Crippen LogP contribution in [0, 0.1) is 5.41 Å². The molecule has 1 heterocycles. The summed E-state index contributed by atoms with van der Waals surface area (Å²) >= 11 is 1.80. The van der Waals surface area contributed by atoms with E-state index in [0.29, 0.717) is 5.41 Å². The summed E-state index contributed by atoms with van der Waals surface area (Å²) in [5.74, 6) is 0. The maximum absolute atomic E-state index is 3.69. The molecule has 2 nitrogen and oxygen atoms in total. The van der Waals surface area contributed by atoms with E-state index in [1.807, 2.05) is 0 Å². The molecule has 0 amide bonds. The van der Waals surface area contributed by atoms with E-state index in [1.165, 1.54) is 57.2 Å². The van der Waals surface area contributed by atoms with Crippen LogP contribution in [0.25, 0.3) is 0 Å². The van der Waals surface area contributed by atoms with Crippen molar-refractivity contribution in [3.8, 4) is 0 Å². The average Bonchev–Trinajstić information content (AvgIpc) is 2.92. The highest BCUT2D eigenvalue weighted by Gasteiger charge is 2.32. The van der Waals surface area contributed by atoms with Crippen molar-refractivity contribution in [2.45, 2.75) is 52.0 Å². The molecule has 1 fully saturated rings. The second-order valence-corrected chi connectivity index (χ2v) is 7.32. The minimum atomic E-state index is 0.512. The Balaban J connectivity index is 1.88. The van der Waals surface area contributed by atoms with Crippen molar-refractivity contribution in [1.82, 2.24) is 10.2 Å². The van der Waals surface area contributed by atoms with Gasteiger partial charge in [0.25, 0.3) is 0 Å². The van der Waals surface area contributed by atoms with E-state index in [0.717, 1.165) is 13.1 Å². The highest BCUT2D eigenvalue weighted by Crippen LogP contribution is 2.36. The second-order valence-electron chi connectivity index (χ2n) is 6.54. The molecule has 0 bridgehead atoms. The smallest absolute Gasteiger partial charge is 0.0239 e. The van der Waals surface area contributed by atoms with Crippen LogP contribution in [-0.2, 0) is 6.54 Å². The maximum Gasteiger partial charge on any atom is 0.0239 e. The van der Waals surface area contributed by atoms with Crippen LogP contribution in [-0.4, -0.2) is 31.6 Å². The van der Waals surface area contributed by atoms with Gasteiger partial charge in [0.2, 0.25) is 0 Å². The third-order valence-corrected chi connectivity index (χ3v) is 5.21. The molecule has 3 heteroatoms. The number of hydrogen-bond donors (Lipinski definition) is 1. The van der Waals surface area contributed by atoms with Gasteiger partial charge in [-0.15, -0.1) is 0 Å². The van der Waals surface area contributed by atoms with Crippen LogP contribution >= 0.6 is 11.3 Å². The number of nitrogens with one attached hydrogen (secondary N) is 1. The fourth-order valence-electron chi connectivity index (χ4n) is 3.55. The quantitative estimate of drug-likeness (QED) is 0.725. The lowest BCUT2D eigenvalue weighted by Gasteiger charge is -2.40. The minimum absolute atomic E-state index is 0.512. The Kier molecular flexibility index (Phi) is 6.53. The molecular formula is C17H30N2S. The Labute approximate surface area is 128 Å². The molecule has 0 radical (unpaired) electrons. The molecular weight excluding hydrogens is 264 g/mol. The third-order valence-electron chi connectivity index (χ3n) is 4.48. The highest BCUT2D eigenvalue weighted by molar-refractivity contribution is 7.07. The number of nitrogens with zero attached hydrogens (tertiary/aromatic N) is 1. The molecule has 0 saturated heterocycles. The molecule has 0 aliphatic heterocycles. The molecule has 2 rings (SSSR count). The Morgan fingerprint density at radius 1 is 1.30 bits per heavy atom. The summed E-state index contributed by atoms with van der Waals surface area (Å²) in [7, 11) is 2.29. The van der Waals surface area contributed by atoms with Gasteiger partial charge in [0.05, 0.1) is 0 Å². The average molecular weight is 295 g/mol. The number of rotatable bonds is 8. The van der Waals surface area contributed by atoms with Crippen LogP contribution in [0.5, 0.6) is 0 Å². The van der Waals surface area contributed by atoms with Gasteiger partial charge in [-0.05, 0) is 60.7 Å². The monoisotopic (exact) mass is 294 g/mol. The molecule has 0 spiro atoms. The van der Waals surface area contributed by atoms with Crippen molar-refractivity contribution in [1.29, 1.82) is 0 Å². The van der Waals surface area contributed by atoms with E-state index < -0.39 is 0 Å². The summed E-state index contributed by atoms with van der Waals surface area (Å²) in [5.41, 5.74) is 1.98. The predicted octanol–water partition coefficient (Wildman–Crippen LogP) is 4.13. The van der Waals surface area contributed by atoms with Crippen LogP contribution < -0.4 is 5.32 Å². The van der Waals surface area contributed by atoms with Crippen LogP contribution in [0.2, 0.25) is 0 Å². The largest absolute Gasteiger partial charge is 0.316 e. The van der Waals surface area contributed by atoms with E-state index in [1.54, 1.807) is 11.3 Å². The first kappa shape index (κ1) is 16.0. The molecule has 1 aromatic rings. The first-order valence-corrected chi connectivity index (χ1v) is 9.09. The van der Waals surface area contributed by atoms with Gasteiger partial charge in [-0.2, -0.15) is 11.3 Å². The first-order valence-electron chi connectivity index (χ1n) is 8.14.